The largest absolute Gasteiger partial charge is 0.369 e. The number of benzene rings is 1. The van der Waals surface area contributed by atoms with Gasteiger partial charge in [-0.15, -0.1) is 0 Å². The van der Waals surface area contributed by atoms with Crippen LogP contribution < -0.4 is 5.73 Å². The molecule has 1 amide bonds. The summed E-state index contributed by atoms with van der Waals surface area (Å²) >= 11 is 0. The summed E-state index contributed by atoms with van der Waals surface area (Å²) < 4.78 is 0. The second-order valence-electron chi connectivity index (χ2n) is 7.69. The molecule has 0 saturated carbocycles. The summed E-state index contributed by atoms with van der Waals surface area (Å²) in [5.41, 5.74) is 8.17. The van der Waals surface area contributed by atoms with Crippen molar-refractivity contribution in [3.63, 3.8) is 0 Å². The van der Waals surface area contributed by atoms with Gasteiger partial charge in [-0.25, -0.2) is 0 Å². The fourth-order valence-corrected chi connectivity index (χ4v) is 3.90. The second-order valence-corrected chi connectivity index (χ2v) is 7.69. The van der Waals surface area contributed by atoms with Crippen molar-refractivity contribution in [3.05, 3.63) is 35.4 Å². The van der Waals surface area contributed by atoms with Gasteiger partial charge >= 0.3 is 0 Å². The van der Waals surface area contributed by atoms with Gasteiger partial charge in [-0.3, -0.25) is 4.79 Å². The molecular formula is C21H34N2O. The number of piperidine rings is 1. The molecule has 1 unspecified atom stereocenters. The quantitative estimate of drug-likeness (QED) is 0.780. The first-order chi connectivity index (χ1) is 11.5. The molecule has 0 aliphatic carbocycles. The standard InChI is InChI=1S/C21H34N2O/c1-4-19(23-12-6-5-7-13-23)15-20(21(22)24)18-10-8-17(9-11-18)14-16(2)3/h8-11,16,19-20H,4-7,12-15H2,1-3H3,(H2,22,24)/t19?,20-/m0/s1. The molecule has 1 fully saturated rings. The van der Waals surface area contributed by atoms with E-state index in [1.165, 1.54) is 24.8 Å². The van der Waals surface area contributed by atoms with E-state index in [-0.39, 0.29) is 11.8 Å². The van der Waals surface area contributed by atoms with E-state index < -0.39 is 0 Å². The average Bonchev–Trinajstić information content (AvgIpc) is 2.57. The monoisotopic (exact) mass is 330 g/mol. The van der Waals surface area contributed by atoms with Crippen LogP contribution in [-0.4, -0.2) is 29.9 Å². The Labute approximate surface area is 147 Å². The minimum Gasteiger partial charge on any atom is -0.369 e. The molecule has 2 rings (SSSR count). The molecule has 2 N–H and O–H groups in total. The van der Waals surface area contributed by atoms with Crippen LogP contribution in [0, 0.1) is 5.92 Å². The number of likely N-dealkylation sites (tertiary alicyclic amines) is 1. The van der Waals surface area contributed by atoms with E-state index in [0.717, 1.165) is 37.9 Å². The SMILES string of the molecule is CCC(C[C@H](C(N)=O)c1ccc(CC(C)C)cc1)N1CCCCC1. The minimum atomic E-state index is -0.193. The molecule has 1 aliphatic heterocycles. The summed E-state index contributed by atoms with van der Waals surface area (Å²) in [4.78, 5) is 14.7. The molecule has 1 aliphatic rings. The van der Waals surface area contributed by atoms with Crippen LogP contribution in [0.1, 0.15) is 69.9 Å². The molecule has 1 aromatic carbocycles. The van der Waals surface area contributed by atoms with Crippen molar-refractivity contribution in [2.45, 2.75) is 71.3 Å². The Morgan fingerprint density at radius 1 is 1.12 bits per heavy atom. The van der Waals surface area contributed by atoms with E-state index >= 15 is 0 Å². The number of nitrogens with two attached hydrogens (primary N) is 1. The van der Waals surface area contributed by atoms with Gasteiger partial charge in [0.25, 0.3) is 0 Å². The van der Waals surface area contributed by atoms with Crippen LogP contribution in [-0.2, 0) is 11.2 Å². The summed E-state index contributed by atoms with van der Waals surface area (Å²) in [5.74, 6) is 0.276. The van der Waals surface area contributed by atoms with Gasteiger partial charge in [0.15, 0.2) is 0 Å². The molecule has 1 heterocycles. The van der Waals surface area contributed by atoms with Gasteiger partial charge in [-0.05, 0) is 62.2 Å². The van der Waals surface area contributed by atoms with E-state index in [1.54, 1.807) is 0 Å². The van der Waals surface area contributed by atoms with Crippen molar-refractivity contribution in [2.75, 3.05) is 13.1 Å². The highest BCUT2D eigenvalue weighted by Gasteiger charge is 2.26. The molecule has 0 aromatic heterocycles. The number of amides is 1. The number of primary amides is 1. The number of carbonyl (C=O) groups is 1. The highest BCUT2D eigenvalue weighted by atomic mass is 16.1. The van der Waals surface area contributed by atoms with Crippen molar-refractivity contribution in [1.82, 2.24) is 4.90 Å². The van der Waals surface area contributed by atoms with Crippen LogP contribution in [0.5, 0.6) is 0 Å². The van der Waals surface area contributed by atoms with E-state index in [0.29, 0.717) is 12.0 Å². The normalized spacial score (nSPS) is 18.5. The Kier molecular flexibility index (Phi) is 7.29. The number of nitrogens with zero attached hydrogens (tertiary/aromatic N) is 1. The number of hydrogen-bond acceptors (Lipinski definition) is 2. The van der Waals surface area contributed by atoms with Gasteiger partial charge in [0.1, 0.15) is 0 Å². The third kappa shape index (κ3) is 5.34. The fourth-order valence-electron chi connectivity index (χ4n) is 3.90. The lowest BCUT2D eigenvalue weighted by molar-refractivity contribution is -0.120. The molecule has 1 aromatic rings. The molecule has 0 spiro atoms. The van der Waals surface area contributed by atoms with Crippen molar-refractivity contribution in [3.8, 4) is 0 Å². The zero-order chi connectivity index (χ0) is 17.5. The predicted molar refractivity (Wildman–Crippen MR) is 101 cm³/mol. The van der Waals surface area contributed by atoms with Crippen molar-refractivity contribution < 1.29 is 4.79 Å². The molecule has 24 heavy (non-hydrogen) atoms. The summed E-state index contributed by atoms with van der Waals surface area (Å²) in [6.45, 7) is 9.01. The van der Waals surface area contributed by atoms with Gasteiger partial charge in [0.2, 0.25) is 5.91 Å². The van der Waals surface area contributed by atoms with Gasteiger partial charge < -0.3 is 10.6 Å². The summed E-state index contributed by atoms with van der Waals surface area (Å²) in [6, 6.07) is 8.99. The third-order valence-electron chi connectivity index (χ3n) is 5.26. The van der Waals surface area contributed by atoms with Gasteiger partial charge in [0.05, 0.1) is 5.92 Å². The Morgan fingerprint density at radius 2 is 1.75 bits per heavy atom. The molecule has 134 valence electrons. The molecule has 0 radical (unpaired) electrons. The van der Waals surface area contributed by atoms with Crippen LogP contribution in [0.3, 0.4) is 0 Å². The lowest BCUT2D eigenvalue weighted by atomic mass is 9.88. The first-order valence-corrected chi connectivity index (χ1v) is 9.63. The van der Waals surface area contributed by atoms with Crippen molar-refractivity contribution in [2.24, 2.45) is 11.7 Å². The summed E-state index contributed by atoms with van der Waals surface area (Å²) in [5, 5.41) is 0. The molecule has 1 saturated heterocycles. The second kappa shape index (κ2) is 9.22. The molecule has 3 heteroatoms. The number of rotatable bonds is 8. The van der Waals surface area contributed by atoms with E-state index in [2.05, 4.69) is 49.9 Å². The summed E-state index contributed by atoms with van der Waals surface area (Å²) in [7, 11) is 0. The summed E-state index contributed by atoms with van der Waals surface area (Å²) in [6.07, 6.45) is 6.89. The van der Waals surface area contributed by atoms with Crippen molar-refractivity contribution in [1.29, 1.82) is 0 Å². The van der Waals surface area contributed by atoms with E-state index in [1.807, 2.05) is 0 Å². The first-order valence-electron chi connectivity index (χ1n) is 9.63. The molecule has 2 atom stereocenters. The fraction of sp³-hybridized carbons (Fsp3) is 0.667. The molecule has 3 nitrogen and oxygen atoms in total. The van der Waals surface area contributed by atoms with E-state index in [4.69, 9.17) is 5.73 Å². The van der Waals surface area contributed by atoms with Gasteiger partial charge in [-0.1, -0.05) is 51.5 Å². The topological polar surface area (TPSA) is 46.3 Å². The maximum atomic E-state index is 12.1. The van der Waals surface area contributed by atoms with Gasteiger partial charge in [-0.2, -0.15) is 0 Å². The molecular weight excluding hydrogens is 296 g/mol. The molecule has 0 bridgehead atoms. The van der Waals surface area contributed by atoms with Crippen LogP contribution >= 0.6 is 0 Å². The van der Waals surface area contributed by atoms with E-state index in [9.17, 15) is 4.79 Å². The predicted octanol–water partition coefficient (Wildman–Crippen LogP) is 4.11. The lowest BCUT2D eigenvalue weighted by Gasteiger charge is -2.35. The lowest BCUT2D eigenvalue weighted by Crippen LogP contribution is -2.41. The average molecular weight is 331 g/mol. The van der Waals surface area contributed by atoms with Crippen LogP contribution in [0.15, 0.2) is 24.3 Å². The van der Waals surface area contributed by atoms with Crippen LogP contribution in [0.25, 0.3) is 0 Å². The highest BCUT2D eigenvalue weighted by Crippen LogP contribution is 2.27. The Bertz CT molecular complexity index is 503. The zero-order valence-electron chi connectivity index (χ0n) is 15.6. The third-order valence-corrected chi connectivity index (χ3v) is 5.26. The minimum absolute atomic E-state index is 0.176. The zero-order valence-corrected chi connectivity index (χ0v) is 15.6. The smallest absolute Gasteiger partial charge is 0.225 e. The number of carbonyl (C=O) groups excluding carboxylic acids is 1. The number of hydrogen-bond donors (Lipinski definition) is 1. The van der Waals surface area contributed by atoms with Crippen LogP contribution in [0.2, 0.25) is 0 Å². The van der Waals surface area contributed by atoms with Crippen LogP contribution in [0.4, 0.5) is 0 Å². The maximum Gasteiger partial charge on any atom is 0.225 e. The van der Waals surface area contributed by atoms with Gasteiger partial charge in [0, 0.05) is 6.04 Å². The Morgan fingerprint density at radius 3 is 2.25 bits per heavy atom. The first kappa shape index (κ1) is 19.0. The Hall–Kier alpha value is -1.35. The van der Waals surface area contributed by atoms with Crippen molar-refractivity contribution >= 4 is 5.91 Å². The highest BCUT2D eigenvalue weighted by molar-refractivity contribution is 5.82. The maximum absolute atomic E-state index is 12.1. The Balaban J connectivity index is 2.08.